The zero-order valence-corrected chi connectivity index (χ0v) is 16.8. The molecule has 1 aliphatic carbocycles. The highest BCUT2D eigenvalue weighted by molar-refractivity contribution is 5.85. The number of amides is 1. The summed E-state index contributed by atoms with van der Waals surface area (Å²) in [6.07, 6.45) is -0.366. The van der Waals surface area contributed by atoms with Crippen molar-refractivity contribution in [3.63, 3.8) is 0 Å². The number of hydrogen-bond donors (Lipinski definition) is 1. The molecule has 0 aromatic heterocycles. The first kappa shape index (κ1) is 22.2. The van der Waals surface area contributed by atoms with E-state index >= 15 is 0 Å². The molecule has 0 radical (unpaired) electrons. The standard InChI is InChI=1S/C21H26N2O4.ClH/c1-25-21(24)23(11-13-27-15-14-26-12-10-22)20-18-8-4-2-6-16(18)17-7-3-5-9-19(17)20;/h2-9,20H,10-15,22H2,1H3;1H. The average molecular weight is 407 g/mol. The number of carbonyl (C=O) groups excluding carboxylic acids is 1. The predicted molar refractivity (Wildman–Crippen MR) is 111 cm³/mol. The summed E-state index contributed by atoms with van der Waals surface area (Å²) in [7, 11) is 1.41. The first-order valence-corrected chi connectivity index (χ1v) is 9.16. The van der Waals surface area contributed by atoms with Crippen molar-refractivity contribution in [1.29, 1.82) is 0 Å². The molecule has 2 N–H and O–H groups in total. The second-order valence-corrected chi connectivity index (χ2v) is 6.25. The van der Waals surface area contributed by atoms with E-state index in [1.165, 1.54) is 7.11 Å². The monoisotopic (exact) mass is 406 g/mol. The van der Waals surface area contributed by atoms with Gasteiger partial charge in [-0.3, -0.25) is 4.90 Å². The first-order valence-electron chi connectivity index (χ1n) is 9.16. The number of benzene rings is 2. The van der Waals surface area contributed by atoms with Gasteiger partial charge < -0.3 is 19.9 Å². The van der Waals surface area contributed by atoms with Gasteiger partial charge in [-0.2, -0.15) is 0 Å². The minimum absolute atomic E-state index is 0. The number of fused-ring (bicyclic) bond motifs is 3. The summed E-state index contributed by atoms with van der Waals surface area (Å²) >= 11 is 0. The molecule has 7 heteroatoms. The minimum atomic E-state index is -0.366. The number of carbonyl (C=O) groups is 1. The summed E-state index contributed by atoms with van der Waals surface area (Å²) in [6, 6.07) is 16.2. The molecule has 6 nitrogen and oxygen atoms in total. The molecule has 0 heterocycles. The topological polar surface area (TPSA) is 74.0 Å². The summed E-state index contributed by atoms with van der Waals surface area (Å²) in [5.41, 5.74) is 9.91. The van der Waals surface area contributed by atoms with Crippen LogP contribution in [0.15, 0.2) is 48.5 Å². The van der Waals surface area contributed by atoms with E-state index in [1.54, 1.807) is 4.90 Å². The lowest BCUT2D eigenvalue weighted by Crippen LogP contribution is -2.37. The molecule has 0 saturated carbocycles. The summed E-state index contributed by atoms with van der Waals surface area (Å²) < 4.78 is 16.0. The summed E-state index contributed by atoms with van der Waals surface area (Å²) in [6.45, 7) is 2.81. The normalized spacial score (nSPS) is 12.1. The molecular formula is C21H27ClN2O4. The molecule has 2 aromatic carbocycles. The van der Waals surface area contributed by atoms with Gasteiger partial charge in [0, 0.05) is 13.1 Å². The van der Waals surface area contributed by atoms with Gasteiger partial charge in [0.15, 0.2) is 0 Å². The van der Waals surface area contributed by atoms with Crippen LogP contribution in [0.5, 0.6) is 0 Å². The predicted octanol–water partition coefficient (Wildman–Crippen LogP) is 3.24. The molecular weight excluding hydrogens is 380 g/mol. The number of methoxy groups -OCH3 is 1. The van der Waals surface area contributed by atoms with Crippen molar-refractivity contribution in [1.82, 2.24) is 4.90 Å². The Morgan fingerprint density at radius 2 is 1.46 bits per heavy atom. The maximum atomic E-state index is 12.5. The fraction of sp³-hybridized carbons (Fsp3) is 0.381. The lowest BCUT2D eigenvalue weighted by atomic mass is 10.0. The maximum Gasteiger partial charge on any atom is 0.410 e. The van der Waals surface area contributed by atoms with Crippen LogP contribution in [-0.4, -0.2) is 57.6 Å². The summed E-state index contributed by atoms with van der Waals surface area (Å²) in [5.74, 6) is 0. The van der Waals surface area contributed by atoms with E-state index in [0.717, 1.165) is 22.3 Å². The number of halogens is 1. The third-order valence-electron chi connectivity index (χ3n) is 4.63. The summed E-state index contributed by atoms with van der Waals surface area (Å²) in [5, 5.41) is 0. The third-order valence-corrected chi connectivity index (χ3v) is 4.63. The number of nitrogens with two attached hydrogens (primary N) is 1. The van der Waals surface area contributed by atoms with Crippen LogP contribution in [-0.2, 0) is 14.2 Å². The van der Waals surface area contributed by atoms with Crippen LogP contribution in [0, 0.1) is 0 Å². The average Bonchev–Trinajstić information content (AvgIpc) is 3.04. The molecule has 3 rings (SSSR count). The smallest absolute Gasteiger partial charge is 0.410 e. The number of ether oxygens (including phenoxy) is 3. The SMILES string of the molecule is COC(=O)N(CCOCCOCCN)C1c2ccccc2-c2ccccc21.Cl. The van der Waals surface area contributed by atoms with E-state index in [9.17, 15) is 4.79 Å². The Bertz CT molecular complexity index is 726. The largest absolute Gasteiger partial charge is 0.453 e. The lowest BCUT2D eigenvalue weighted by Gasteiger charge is -2.29. The van der Waals surface area contributed by atoms with Crippen LogP contribution in [0.1, 0.15) is 17.2 Å². The Morgan fingerprint density at radius 3 is 2.00 bits per heavy atom. The Kier molecular flexibility index (Phi) is 8.73. The van der Waals surface area contributed by atoms with E-state index in [4.69, 9.17) is 19.9 Å². The van der Waals surface area contributed by atoms with E-state index in [2.05, 4.69) is 24.3 Å². The third kappa shape index (κ3) is 4.83. The molecule has 0 bridgehead atoms. The Labute approximate surface area is 172 Å². The Hall–Kier alpha value is -2.12. The molecule has 0 unspecified atom stereocenters. The van der Waals surface area contributed by atoms with E-state index in [1.807, 2.05) is 24.3 Å². The van der Waals surface area contributed by atoms with Gasteiger partial charge in [-0.15, -0.1) is 12.4 Å². The van der Waals surface area contributed by atoms with E-state index in [-0.39, 0.29) is 24.5 Å². The number of hydrogen-bond acceptors (Lipinski definition) is 5. The van der Waals surface area contributed by atoms with Crippen molar-refractivity contribution in [2.24, 2.45) is 5.73 Å². The molecule has 0 atom stereocenters. The zero-order chi connectivity index (χ0) is 19.1. The van der Waals surface area contributed by atoms with Crippen molar-refractivity contribution in [2.45, 2.75) is 6.04 Å². The van der Waals surface area contributed by atoms with Gasteiger partial charge in [-0.25, -0.2) is 4.79 Å². The number of rotatable bonds is 9. The lowest BCUT2D eigenvalue weighted by molar-refractivity contribution is 0.0362. The second-order valence-electron chi connectivity index (χ2n) is 6.25. The fourth-order valence-electron chi connectivity index (χ4n) is 3.48. The van der Waals surface area contributed by atoms with Crippen molar-refractivity contribution in [3.05, 3.63) is 59.7 Å². The van der Waals surface area contributed by atoms with Gasteiger partial charge in [0.25, 0.3) is 0 Å². The van der Waals surface area contributed by atoms with Crippen molar-refractivity contribution >= 4 is 18.5 Å². The number of nitrogens with zero attached hydrogens (tertiary/aromatic N) is 1. The minimum Gasteiger partial charge on any atom is -0.453 e. The van der Waals surface area contributed by atoms with E-state index < -0.39 is 0 Å². The van der Waals surface area contributed by atoms with Gasteiger partial charge in [0.2, 0.25) is 0 Å². The van der Waals surface area contributed by atoms with Crippen LogP contribution in [0.4, 0.5) is 4.79 Å². The van der Waals surface area contributed by atoms with Crippen molar-refractivity contribution in [3.8, 4) is 11.1 Å². The van der Waals surface area contributed by atoms with Crippen LogP contribution >= 0.6 is 12.4 Å². The Balaban J connectivity index is 0.00000280. The van der Waals surface area contributed by atoms with Crippen LogP contribution in [0.3, 0.4) is 0 Å². The van der Waals surface area contributed by atoms with Crippen molar-refractivity contribution in [2.75, 3.05) is 46.6 Å². The molecule has 2 aromatic rings. The molecule has 0 spiro atoms. The summed E-state index contributed by atoms with van der Waals surface area (Å²) in [4.78, 5) is 14.3. The van der Waals surface area contributed by atoms with Crippen LogP contribution in [0.2, 0.25) is 0 Å². The van der Waals surface area contributed by atoms with Gasteiger partial charge >= 0.3 is 6.09 Å². The van der Waals surface area contributed by atoms with Crippen LogP contribution in [0.25, 0.3) is 11.1 Å². The first-order chi connectivity index (χ1) is 13.3. The molecule has 1 amide bonds. The molecule has 0 aliphatic heterocycles. The van der Waals surface area contributed by atoms with Gasteiger partial charge in [0.1, 0.15) is 0 Å². The molecule has 0 fully saturated rings. The molecule has 152 valence electrons. The molecule has 28 heavy (non-hydrogen) atoms. The van der Waals surface area contributed by atoms with E-state index in [0.29, 0.717) is 39.5 Å². The molecule has 0 saturated heterocycles. The van der Waals surface area contributed by atoms with Gasteiger partial charge in [0.05, 0.1) is 39.6 Å². The van der Waals surface area contributed by atoms with Gasteiger partial charge in [-0.1, -0.05) is 48.5 Å². The van der Waals surface area contributed by atoms with Crippen LogP contribution < -0.4 is 5.73 Å². The Morgan fingerprint density at radius 1 is 0.929 bits per heavy atom. The van der Waals surface area contributed by atoms with Gasteiger partial charge in [-0.05, 0) is 22.3 Å². The highest BCUT2D eigenvalue weighted by Crippen LogP contribution is 2.46. The fourth-order valence-corrected chi connectivity index (χ4v) is 3.48. The zero-order valence-electron chi connectivity index (χ0n) is 16.0. The second kappa shape index (κ2) is 11.0. The quantitative estimate of drug-likeness (QED) is 0.647. The maximum absolute atomic E-state index is 12.5. The van der Waals surface area contributed by atoms with Crippen molar-refractivity contribution < 1.29 is 19.0 Å². The highest BCUT2D eigenvalue weighted by Gasteiger charge is 2.35. The highest BCUT2D eigenvalue weighted by atomic mass is 35.5. The molecule has 1 aliphatic rings.